The van der Waals surface area contributed by atoms with Crippen LogP contribution in [-0.2, 0) is 11.2 Å². The standard InChI is InChI=1S/C27H28N4O4S/c1-18(2)24(32)28-21-14-12-20(13-15-21)25(33)30-31-27(36)29-26(34)22-10-6-7-11-23(22)35-17-16-19-8-4-3-5-9-19/h3-15,18H,16-17H2,1-2H3,(H,28,32)(H,30,33)(H2,29,31,34,36). The maximum atomic E-state index is 12.7. The highest BCUT2D eigenvalue weighted by atomic mass is 32.1. The molecule has 0 aliphatic rings. The van der Waals surface area contributed by atoms with Gasteiger partial charge in [0.05, 0.1) is 12.2 Å². The normalized spacial score (nSPS) is 10.3. The molecule has 0 spiro atoms. The van der Waals surface area contributed by atoms with Crippen molar-refractivity contribution < 1.29 is 19.1 Å². The summed E-state index contributed by atoms with van der Waals surface area (Å²) in [6.45, 7) is 4.00. The van der Waals surface area contributed by atoms with Crippen molar-refractivity contribution in [1.29, 1.82) is 0 Å². The van der Waals surface area contributed by atoms with Crippen molar-refractivity contribution >= 4 is 40.7 Å². The van der Waals surface area contributed by atoms with Crippen LogP contribution in [0.5, 0.6) is 5.75 Å². The Morgan fingerprint density at radius 1 is 0.833 bits per heavy atom. The van der Waals surface area contributed by atoms with Gasteiger partial charge >= 0.3 is 0 Å². The molecular weight excluding hydrogens is 476 g/mol. The van der Waals surface area contributed by atoms with Crippen molar-refractivity contribution in [3.8, 4) is 5.75 Å². The van der Waals surface area contributed by atoms with E-state index in [1.807, 2.05) is 30.3 Å². The topological polar surface area (TPSA) is 109 Å². The molecule has 8 nitrogen and oxygen atoms in total. The number of amides is 3. The number of nitrogens with one attached hydrogen (secondary N) is 4. The molecule has 0 saturated carbocycles. The first kappa shape index (κ1) is 26.4. The predicted molar refractivity (Wildman–Crippen MR) is 143 cm³/mol. The monoisotopic (exact) mass is 504 g/mol. The molecule has 0 fully saturated rings. The number of hydrogen-bond acceptors (Lipinski definition) is 5. The lowest BCUT2D eigenvalue weighted by molar-refractivity contribution is -0.118. The van der Waals surface area contributed by atoms with Crippen LogP contribution < -0.4 is 26.2 Å². The highest BCUT2D eigenvalue weighted by Gasteiger charge is 2.14. The van der Waals surface area contributed by atoms with Gasteiger partial charge in [-0.3, -0.25) is 30.6 Å². The van der Waals surface area contributed by atoms with Crippen molar-refractivity contribution in [2.75, 3.05) is 11.9 Å². The van der Waals surface area contributed by atoms with Crippen LogP contribution in [0.4, 0.5) is 5.69 Å². The number of thiocarbonyl (C=S) groups is 1. The van der Waals surface area contributed by atoms with E-state index < -0.39 is 11.8 Å². The van der Waals surface area contributed by atoms with Crippen molar-refractivity contribution in [2.45, 2.75) is 20.3 Å². The fourth-order valence-electron chi connectivity index (χ4n) is 3.08. The second-order valence-electron chi connectivity index (χ2n) is 8.16. The van der Waals surface area contributed by atoms with E-state index in [4.69, 9.17) is 17.0 Å². The average molecular weight is 505 g/mol. The molecular formula is C27H28N4O4S. The largest absolute Gasteiger partial charge is 0.492 e. The van der Waals surface area contributed by atoms with Crippen LogP contribution in [0.3, 0.4) is 0 Å². The van der Waals surface area contributed by atoms with Crippen LogP contribution in [0.2, 0.25) is 0 Å². The number of hydrogen-bond donors (Lipinski definition) is 4. The number of ether oxygens (including phenoxy) is 1. The first-order valence-corrected chi connectivity index (χ1v) is 11.8. The molecule has 4 N–H and O–H groups in total. The van der Waals surface area contributed by atoms with Gasteiger partial charge in [-0.25, -0.2) is 0 Å². The van der Waals surface area contributed by atoms with E-state index in [2.05, 4.69) is 21.5 Å². The lowest BCUT2D eigenvalue weighted by Crippen LogP contribution is -2.48. The Hall–Kier alpha value is -4.24. The van der Waals surface area contributed by atoms with Crippen molar-refractivity contribution in [2.24, 2.45) is 5.92 Å². The maximum Gasteiger partial charge on any atom is 0.269 e. The summed E-state index contributed by atoms with van der Waals surface area (Å²) in [5.41, 5.74) is 7.34. The summed E-state index contributed by atoms with van der Waals surface area (Å²) in [6.07, 6.45) is 0.702. The molecule has 0 aromatic heterocycles. The molecule has 3 aromatic carbocycles. The number of hydrazine groups is 1. The quantitative estimate of drug-likeness (QED) is 0.274. The summed E-state index contributed by atoms with van der Waals surface area (Å²) in [7, 11) is 0. The van der Waals surface area contributed by atoms with Gasteiger partial charge in [-0.05, 0) is 54.2 Å². The van der Waals surface area contributed by atoms with E-state index in [-0.39, 0.29) is 16.9 Å². The fraction of sp³-hybridized carbons (Fsp3) is 0.185. The molecule has 3 rings (SSSR count). The van der Waals surface area contributed by atoms with Crippen LogP contribution in [0.1, 0.15) is 40.1 Å². The molecule has 0 atom stereocenters. The Morgan fingerprint density at radius 3 is 2.19 bits per heavy atom. The minimum Gasteiger partial charge on any atom is -0.492 e. The molecule has 9 heteroatoms. The number of benzene rings is 3. The molecule has 0 aliphatic carbocycles. The Bertz CT molecular complexity index is 1210. The van der Waals surface area contributed by atoms with E-state index in [0.717, 1.165) is 5.56 Å². The highest BCUT2D eigenvalue weighted by Crippen LogP contribution is 2.18. The van der Waals surface area contributed by atoms with Gasteiger partial charge in [0.25, 0.3) is 11.8 Å². The minimum absolute atomic E-state index is 0.0757. The molecule has 0 heterocycles. The highest BCUT2D eigenvalue weighted by molar-refractivity contribution is 7.80. The second-order valence-corrected chi connectivity index (χ2v) is 8.57. The van der Waals surface area contributed by atoms with Gasteiger partial charge in [0.1, 0.15) is 5.75 Å². The van der Waals surface area contributed by atoms with Gasteiger partial charge in [-0.15, -0.1) is 0 Å². The zero-order valence-electron chi connectivity index (χ0n) is 20.0. The fourth-order valence-corrected chi connectivity index (χ4v) is 3.23. The second kappa shape index (κ2) is 13.0. The van der Waals surface area contributed by atoms with Crippen LogP contribution in [0, 0.1) is 5.92 Å². The van der Waals surface area contributed by atoms with Crippen molar-refractivity contribution in [3.63, 3.8) is 0 Å². The Kier molecular flexibility index (Phi) is 9.53. The first-order chi connectivity index (χ1) is 17.3. The van der Waals surface area contributed by atoms with Crippen molar-refractivity contribution in [3.05, 3.63) is 95.6 Å². The zero-order chi connectivity index (χ0) is 25.9. The van der Waals surface area contributed by atoms with Crippen LogP contribution in [0.25, 0.3) is 0 Å². The molecule has 0 unspecified atom stereocenters. The van der Waals surface area contributed by atoms with Gasteiger partial charge in [0.2, 0.25) is 5.91 Å². The summed E-state index contributed by atoms with van der Waals surface area (Å²) >= 11 is 5.14. The van der Waals surface area contributed by atoms with E-state index in [1.54, 1.807) is 62.4 Å². The predicted octanol–water partition coefficient (Wildman–Crippen LogP) is 3.85. The number of anilines is 1. The van der Waals surface area contributed by atoms with E-state index in [1.165, 1.54) is 0 Å². The van der Waals surface area contributed by atoms with Gasteiger partial charge < -0.3 is 10.1 Å². The number of para-hydroxylation sites is 1. The van der Waals surface area contributed by atoms with Crippen LogP contribution >= 0.6 is 12.2 Å². The summed E-state index contributed by atoms with van der Waals surface area (Å²) in [6, 6.07) is 23.2. The molecule has 36 heavy (non-hydrogen) atoms. The third-order valence-electron chi connectivity index (χ3n) is 5.08. The third-order valence-corrected chi connectivity index (χ3v) is 5.28. The molecule has 0 aliphatic heterocycles. The van der Waals surface area contributed by atoms with E-state index in [0.29, 0.717) is 35.6 Å². The third kappa shape index (κ3) is 7.92. The van der Waals surface area contributed by atoms with Crippen molar-refractivity contribution in [1.82, 2.24) is 16.2 Å². The van der Waals surface area contributed by atoms with Gasteiger partial charge in [-0.2, -0.15) is 0 Å². The molecule has 0 saturated heterocycles. The van der Waals surface area contributed by atoms with Crippen LogP contribution in [-0.4, -0.2) is 29.4 Å². The maximum absolute atomic E-state index is 12.7. The summed E-state index contributed by atoms with van der Waals surface area (Å²) < 4.78 is 5.83. The molecule has 186 valence electrons. The lowest BCUT2D eigenvalue weighted by Gasteiger charge is -2.14. The molecule has 3 amide bonds. The average Bonchev–Trinajstić information content (AvgIpc) is 2.88. The van der Waals surface area contributed by atoms with Crippen LogP contribution in [0.15, 0.2) is 78.9 Å². The Balaban J connectivity index is 1.48. The molecule has 0 radical (unpaired) electrons. The molecule has 3 aromatic rings. The molecule has 0 bridgehead atoms. The zero-order valence-corrected chi connectivity index (χ0v) is 20.9. The minimum atomic E-state index is -0.470. The van der Waals surface area contributed by atoms with E-state index in [9.17, 15) is 14.4 Å². The first-order valence-electron chi connectivity index (χ1n) is 11.4. The van der Waals surface area contributed by atoms with E-state index >= 15 is 0 Å². The number of carbonyl (C=O) groups is 3. The Labute approximate surface area is 215 Å². The Morgan fingerprint density at radius 2 is 1.50 bits per heavy atom. The smallest absolute Gasteiger partial charge is 0.269 e. The summed E-state index contributed by atoms with van der Waals surface area (Å²) in [5.74, 6) is -0.762. The summed E-state index contributed by atoms with van der Waals surface area (Å²) in [4.78, 5) is 36.9. The summed E-state index contributed by atoms with van der Waals surface area (Å²) in [5, 5.41) is 5.21. The SMILES string of the molecule is CC(C)C(=O)Nc1ccc(C(=O)NNC(=S)NC(=O)c2ccccc2OCCc2ccccc2)cc1. The van der Waals surface area contributed by atoms with Gasteiger partial charge in [-0.1, -0.05) is 56.3 Å². The number of rotatable bonds is 8. The lowest BCUT2D eigenvalue weighted by atomic mass is 10.1. The van der Waals surface area contributed by atoms with Gasteiger partial charge in [0.15, 0.2) is 5.11 Å². The number of carbonyl (C=O) groups excluding carboxylic acids is 3. The van der Waals surface area contributed by atoms with Gasteiger partial charge in [0, 0.05) is 23.6 Å².